The van der Waals surface area contributed by atoms with Gasteiger partial charge in [0.05, 0.1) is 10.6 Å². The first-order chi connectivity index (χ1) is 10.9. The number of benzene rings is 2. The standard InChI is InChI=1S/C17H17BrN2O3/c1-3-11(2)14-6-4-5-7-15(14)19-10-12-8-13(18)9-16(17(12)21)20(22)23/h4-11,21H,3H2,1-2H3/t11-/m0/s1. The summed E-state index contributed by atoms with van der Waals surface area (Å²) in [4.78, 5) is 14.8. The van der Waals surface area contributed by atoms with Crippen molar-refractivity contribution in [3.63, 3.8) is 0 Å². The number of rotatable bonds is 5. The van der Waals surface area contributed by atoms with E-state index in [1.54, 1.807) is 6.07 Å². The smallest absolute Gasteiger partial charge is 0.312 e. The molecule has 0 aliphatic heterocycles. The fourth-order valence-electron chi connectivity index (χ4n) is 2.22. The number of para-hydroxylation sites is 1. The first kappa shape index (κ1) is 17.1. The van der Waals surface area contributed by atoms with E-state index in [1.165, 1.54) is 12.3 Å². The van der Waals surface area contributed by atoms with Crippen LogP contribution in [0.4, 0.5) is 11.4 Å². The van der Waals surface area contributed by atoms with Gasteiger partial charge in [0.25, 0.3) is 0 Å². The van der Waals surface area contributed by atoms with E-state index in [0.717, 1.165) is 17.7 Å². The summed E-state index contributed by atoms with van der Waals surface area (Å²) >= 11 is 3.21. The Kier molecular flexibility index (Phi) is 5.50. The van der Waals surface area contributed by atoms with Crippen LogP contribution in [0.15, 0.2) is 45.9 Å². The summed E-state index contributed by atoms with van der Waals surface area (Å²) in [6, 6.07) is 10.6. The summed E-state index contributed by atoms with van der Waals surface area (Å²) in [5.41, 5.74) is 1.85. The summed E-state index contributed by atoms with van der Waals surface area (Å²) in [6.45, 7) is 4.23. The molecule has 0 fully saturated rings. The van der Waals surface area contributed by atoms with E-state index in [-0.39, 0.29) is 11.4 Å². The zero-order valence-corrected chi connectivity index (χ0v) is 14.4. The lowest BCUT2D eigenvalue weighted by molar-refractivity contribution is -0.385. The first-order valence-electron chi connectivity index (χ1n) is 7.24. The zero-order chi connectivity index (χ0) is 17.0. The normalized spacial score (nSPS) is 12.5. The van der Waals surface area contributed by atoms with Crippen LogP contribution in [0.3, 0.4) is 0 Å². The third-order valence-electron chi connectivity index (χ3n) is 3.70. The van der Waals surface area contributed by atoms with Crippen molar-refractivity contribution in [2.45, 2.75) is 26.2 Å². The fourth-order valence-corrected chi connectivity index (χ4v) is 2.69. The Morgan fingerprint density at radius 2 is 2.09 bits per heavy atom. The van der Waals surface area contributed by atoms with Gasteiger partial charge in [-0.3, -0.25) is 15.1 Å². The average Bonchev–Trinajstić information content (AvgIpc) is 2.54. The van der Waals surface area contributed by atoms with Crippen LogP contribution < -0.4 is 0 Å². The van der Waals surface area contributed by atoms with Gasteiger partial charge in [-0.25, -0.2) is 0 Å². The molecule has 0 radical (unpaired) electrons. The van der Waals surface area contributed by atoms with Crippen LogP contribution in [0.25, 0.3) is 0 Å². The Bertz CT molecular complexity index is 759. The van der Waals surface area contributed by atoms with Gasteiger partial charge in [-0.1, -0.05) is 48.0 Å². The predicted molar refractivity (Wildman–Crippen MR) is 94.9 cm³/mol. The van der Waals surface area contributed by atoms with Crippen LogP contribution in [0.1, 0.15) is 37.3 Å². The molecular formula is C17H17BrN2O3. The molecule has 0 saturated heterocycles. The minimum atomic E-state index is -0.620. The van der Waals surface area contributed by atoms with Gasteiger partial charge in [0.15, 0.2) is 0 Å². The van der Waals surface area contributed by atoms with Crippen molar-refractivity contribution in [2.75, 3.05) is 0 Å². The lowest BCUT2D eigenvalue weighted by atomic mass is 9.97. The van der Waals surface area contributed by atoms with Gasteiger partial charge in [-0.2, -0.15) is 0 Å². The van der Waals surface area contributed by atoms with Crippen molar-refractivity contribution >= 4 is 33.5 Å². The van der Waals surface area contributed by atoms with E-state index in [9.17, 15) is 15.2 Å². The quantitative estimate of drug-likeness (QED) is 0.435. The molecule has 0 aromatic heterocycles. The topological polar surface area (TPSA) is 75.7 Å². The number of phenols is 1. The van der Waals surface area contributed by atoms with Gasteiger partial charge in [0.2, 0.25) is 5.75 Å². The Balaban J connectivity index is 2.44. The number of hydrogen-bond donors (Lipinski definition) is 1. The number of phenolic OH excluding ortho intramolecular Hbond substituents is 1. The molecule has 0 amide bonds. The molecule has 0 unspecified atom stereocenters. The Morgan fingerprint density at radius 1 is 1.39 bits per heavy atom. The van der Waals surface area contributed by atoms with Crippen molar-refractivity contribution in [3.05, 3.63) is 62.1 Å². The van der Waals surface area contributed by atoms with Crippen molar-refractivity contribution in [2.24, 2.45) is 4.99 Å². The molecule has 0 aliphatic carbocycles. The van der Waals surface area contributed by atoms with Crippen LogP contribution in [-0.2, 0) is 0 Å². The maximum atomic E-state index is 11.0. The second-order valence-electron chi connectivity index (χ2n) is 5.25. The molecule has 23 heavy (non-hydrogen) atoms. The largest absolute Gasteiger partial charge is 0.502 e. The minimum Gasteiger partial charge on any atom is -0.502 e. The monoisotopic (exact) mass is 376 g/mol. The van der Waals surface area contributed by atoms with Crippen molar-refractivity contribution in [1.82, 2.24) is 0 Å². The molecule has 0 saturated carbocycles. The van der Waals surface area contributed by atoms with Crippen molar-refractivity contribution < 1.29 is 10.0 Å². The maximum absolute atomic E-state index is 11.0. The highest BCUT2D eigenvalue weighted by atomic mass is 79.9. The molecule has 1 N–H and O–H groups in total. The predicted octanol–water partition coefficient (Wildman–Crippen LogP) is 5.33. The number of aliphatic imine (C=N–C) groups is 1. The third kappa shape index (κ3) is 3.96. The number of aromatic hydroxyl groups is 1. The van der Waals surface area contributed by atoms with Crippen LogP contribution in [-0.4, -0.2) is 16.2 Å². The highest BCUT2D eigenvalue weighted by molar-refractivity contribution is 9.10. The van der Waals surface area contributed by atoms with Gasteiger partial charge in [-0.15, -0.1) is 0 Å². The van der Waals surface area contributed by atoms with E-state index in [0.29, 0.717) is 16.0 Å². The summed E-state index contributed by atoms with van der Waals surface area (Å²) in [6.07, 6.45) is 2.44. The number of nitro groups is 1. The zero-order valence-electron chi connectivity index (χ0n) is 12.9. The molecule has 1 atom stereocenters. The van der Waals surface area contributed by atoms with Gasteiger partial charge in [0, 0.05) is 22.3 Å². The van der Waals surface area contributed by atoms with E-state index < -0.39 is 4.92 Å². The van der Waals surface area contributed by atoms with E-state index >= 15 is 0 Å². The summed E-state index contributed by atoms with van der Waals surface area (Å²) in [5.74, 6) is -0.0308. The summed E-state index contributed by atoms with van der Waals surface area (Å²) < 4.78 is 0.513. The highest BCUT2D eigenvalue weighted by Gasteiger charge is 2.17. The SMILES string of the molecule is CC[C@H](C)c1ccccc1N=Cc1cc(Br)cc([N+](=O)[O-])c1O. The molecule has 2 aromatic carbocycles. The van der Waals surface area contributed by atoms with E-state index in [1.807, 2.05) is 24.3 Å². The molecule has 2 aromatic rings. The maximum Gasteiger partial charge on any atom is 0.312 e. The molecule has 0 aliphatic rings. The third-order valence-corrected chi connectivity index (χ3v) is 4.16. The Labute approximate surface area is 143 Å². The van der Waals surface area contributed by atoms with Crippen molar-refractivity contribution in [3.8, 4) is 5.75 Å². The van der Waals surface area contributed by atoms with E-state index in [4.69, 9.17) is 0 Å². The Hall–Kier alpha value is -2.21. The Morgan fingerprint density at radius 3 is 2.74 bits per heavy atom. The molecule has 0 spiro atoms. The van der Waals surface area contributed by atoms with Gasteiger partial charge in [-0.05, 0) is 30.0 Å². The van der Waals surface area contributed by atoms with Crippen molar-refractivity contribution in [1.29, 1.82) is 0 Å². The van der Waals surface area contributed by atoms with Gasteiger partial charge in [0.1, 0.15) is 0 Å². The van der Waals surface area contributed by atoms with Gasteiger partial charge < -0.3 is 5.11 Å². The minimum absolute atomic E-state index is 0.296. The average molecular weight is 377 g/mol. The second kappa shape index (κ2) is 7.37. The fraction of sp³-hybridized carbons (Fsp3) is 0.235. The van der Waals surface area contributed by atoms with E-state index in [2.05, 4.69) is 34.8 Å². The number of halogens is 1. The number of nitrogens with zero attached hydrogens (tertiary/aromatic N) is 2. The molecule has 120 valence electrons. The van der Waals surface area contributed by atoms with Crippen LogP contribution in [0, 0.1) is 10.1 Å². The molecule has 6 heteroatoms. The number of nitro benzene ring substituents is 1. The van der Waals surface area contributed by atoms with Crippen LogP contribution >= 0.6 is 15.9 Å². The lowest BCUT2D eigenvalue weighted by Gasteiger charge is -2.11. The molecule has 0 bridgehead atoms. The van der Waals surface area contributed by atoms with Crippen LogP contribution in [0.2, 0.25) is 0 Å². The lowest BCUT2D eigenvalue weighted by Crippen LogP contribution is -1.94. The van der Waals surface area contributed by atoms with Gasteiger partial charge >= 0.3 is 5.69 Å². The molecule has 0 heterocycles. The summed E-state index contributed by atoms with van der Waals surface area (Å²) in [7, 11) is 0. The molecule has 2 rings (SSSR count). The molecular weight excluding hydrogens is 360 g/mol. The second-order valence-corrected chi connectivity index (χ2v) is 6.16. The molecule has 5 nitrogen and oxygen atoms in total. The van der Waals surface area contributed by atoms with Crippen LogP contribution in [0.5, 0.6) is 5.75 Å². The highest BCUT2D eigenvalue weighted by Crippen LogP contribution is 2.33. The number of hydrogen-bond acceptors (Lipinski definition) is 4. The first-order valence-corrected chi connectivity index (χ1v) is 8.03. The summed E-state index contributed by atoms with van der Waals surface area (Å²) in [5, 5.41) is 21.0.